The maximum Gasteiger partial charge on any atom is 0.176 e. The number of benzene rings is 1. The predicted molar refractivity (Wildman–Crippen MR) is 46.7 cm³/mol. The zero-order valence-electron chi connectivity index (χ0n) is 6.31. The van der Waals surface area contributed by atoms with E-state index < -0.39 is 0 Å². The summed E-state index contributed by atoms with van der Waals surface area (Å²) < 4.78 is 1.23. The van der Waals surface area contributed by atoms with Gasteiger partial charge in [-0.25, -0.2) is 0 Å². The fourth-order valence-electron chi connectivity index (χ4n) is 0.861. The SMILES string of the molecule is [B]c1cc(C)[c]([Al])cc1C. The van der Waals surface area contributed by atoms with E-state index in [0.29, 0.717) is 0 Å². The number of hydrogen-bond acceptors (Lipinski definition) is 0. The molecule has 0 aliphatic heterocycles. The van der Waals surface area contributed by atoms with Crippen molar-refractivity contribution >= 4 is 34.0 Å². The number of aryl methyl sites for hydroxylation is 2. The molecule has 46 valence electrons. The van der Waals surface area contributed by atoms with E-state index in [2.05, 4.69) is 29.3 Å². The van der Waals surface area contributed by atoms with Crippen molar-refractivity contribution in [3.8, 4) is 0 Å². The minimum absolute atomic E-state index is 0.878. The summed E-state index contributed by atoms with van der Waals surface area (Å²) in [5, 5.41) is 0. The topological polar surface area (TPSA) is 0 Å². The van der Waals surface area contributed by atoms with Crippen LogP contribution in [-0.2, 0) is 0 Å². The van der Waals surface area contributed by atoms with Crippen LogP contribution in [0.25, 0.3) is 0 Å². The lowest BCUT2D eigenvalue weighted by Gasteiger charge is -2.05. The van der Waals surface area contributed by atoms with Gasteiger partial charge in [0.2, 0.25) is 0 Å². The third-order valence-electron chi connectivity index (χ3n) is 1.65. The predicted octanol–water partition coefficient (Wildman–Crippen LogP) is -0.109. The third kappa shape index (κ3) is 1.45. The van der Waals surface area contributed by atoms with Gasteiger partial charge in [0.1, 0.15) is 7.85 Å². The van der Waals surface area contributed by atoms with Gasteiger partial charge in [0.05, 0.1) is 0 Å². The van der Waals surface area contributed by atoms with Crippen LogP contribution in [0.15, 0.2) is 12.1 Å². The summed E-state index contributed by atoms with van der Waals surface area (Å²) in [5.41, 5.74) is 3.26. The van der Waals surface area contributed by atoms with Gasteiger partial charge in [0, 0.05) is 0 Å². The molecular weight excluding hydrogens is 134 g/mol. The van der Waals surface area contributed by atoms with Gasteiger partial charge in [-0.1, -0.05) is 28.7 Å². The molecule has 1 aromatic carbocycles. The molecule has 0 amide bonds. The van der Waals surface area contributed by atoms with Gasteiger partial charge in [-0.2, -0.15) is 0 Å². The van der Waals surface area contributed by atoms with Gasteiger partial charge in [0.15, 0.2) is 16.3 Å². The maximum absolute atomic E-state index is 5.68. The zero-order chi connectivity index (χ0) is 7.72. The van der Waals surface area contributed by atoms with Crippen molar-refractivity contribution in [2.24, 2.45) is 0 Å². The van der Waals surface area contributed by atoms with Crippen molar-refractivity contribution in [2.45, 2.75) is 13.8 Å². The molecule has 0 heterocycles. The average Bonchev–Trinajstić information content (AvgIpc) is 1.84. The van der Waals surface area contributed by atoms with Crippen LogP contribution in [0.4, 0.5) is 0 Å². The summed E-state index contributed by atoms with van der Waals surface area (Å²) in [6.07, 6.45) is 0. The molecule has 0 aliphatic rings. The molecule has 0 saturated heterocycles. The quantitative estimate of drug-likeness (QED) is 0.443. The van der Waals surface area contributed by atoms with Gasteiger partial charge in [0.25, 0.3) is 0 Å². The van der Waals surface area contributed by atoms with Crippen molar-refractivity contribution < 1.29 is 0 Å². The fourth-order valence-corrected chi connectivity index (χ4v) is 1.19. The molecule has 0 spiro atoms. The minimum Gasteiger partial charge on any atom is -0.136 e. The smallest absolute Gasteiger partial charge is 0.136 e. The van der Waals surface area contributed by atoms with E-state index in [-0.39, 0.29) is 0 Å². The zero-order valence-corrected chi connectivity index (χ0v) is 7.46. The van der Waals surface area contributed by atoms with Gasteiger partial charge in [-0.05, 0) is 13.8 Å². The van der Waals surface area contributed by atoms with Crippen LogP contribution in [0.1, 0.15) is 11.1 Å². The molecular formula is C8H8AlB. The second kappa shape index (κ2) is 2.82. The molecule has 0 unspecified atom stereocenters. The summed E-state index contributed by atoms with van der Waals surface area (Å²) in [6.45, 7) is 4.07. The van der Waals surface area contributed by atoms with Crippen molar-refractivity contribution in [1.29, 1.82) is 0 Å². The standard InChI is InChI=1S/C8H8B.Al/c1-6-3-4-7(2)8(9)5-6;/h4-5H,1-2H3;. The molecule has 0 N–H and O–H groups in total. The molecule has 0 nitrogen and oxygen atoms in total. The van der Waals surface area contributed by atoms with E-state index in [4.69, 9.17) is 7.85 Å². The first-order chi connectivity index (χ1) is 4.61. The van der Waals surface area contributed by atoms with Gasteiger partial charge in [-0.3, -0.25) is 0 Å². The van der Waals surface area contributed by atoms with E-state index in [1.807, 2.05) is 13.0 Å². The minimum atomic E-state index is 0.878. The summed E-state index contributed by atoms with van der Waals surface area (Å²) >= 11 is 2.69. The second-order valence-corrected chi connectivity index (χ2v) is 3.19. The Bertz CT molecular complexity index is 205. The second-order valence-electron chi connectivity index (χ2n) is 2.57. The molecule has 4 radical (unpaired) electrons. The Morgan fingerprint density at radius 1 is 1.20 bits per heavy atom. The van der Waals surface area contributed by atoms with E-state index >= 15 is 0 Å². The monoisotopic (exact) mass is 142 g/mol. The molecule has 0 atom stereocenters. The first-order valence-electron chi connectivity index (χ1n) is 3.23. The van der Waals surface area contributed by atoms with Crippen molar-refractivity contribution in [3.05, 3.63) is 23.3 Å². The van der Waals surface area contributed by atoms with E-state index in [0.717, 1.165) is 11.0 Å². The van der Waals surface area contributed by atoms with Crippen LogP contribution in [0.2, 0.25) is 0 Å². The highest BCUT2D eigenvalue weighted by Gasteiger charge is 1.93. The Morgan fingerprint density at radius 2 is 1.80 bits per heavy atom. The molecule has 0 fully saturated rings. The summed E-state index contributed by atoms with van der Waals surface area (Å²) in [5.74, 6) is 0. The fraction of sp³-hybridized carbons (Fsp3) is 0.250. The summed E-state index contributed by atoms with van der Waals surface area (Å²) in [7, 11) is 5.68. The molecule has 0 saturated carbocycles. The van der Waals surface area contributed by atoms with E-state index in [1.165, 1.54) is 9.99 Å². The van der Waals surface area contributed by atoms with Crippen molar-refractivity contribution in [2.75, 3.05) is 0 Å². The Morgan fingerprint density at radius 3 is 2.30 bits per heavy atom. The van der Waals surface area contributed by atoms with Crippen LogP contribution >= 0.6 is 0 Å². The first kappa shape index (κ1) is 7.92. The largest absolute Gasteiger partial charge is 0.176 e. The maximum atomic E-state index is 5.68. The highest BCUT2D eigenvalue weighted by molar-refractivity contribution is 6.37. The molecule has 1 rings (SSSR count). The molecule has 0 aliphatic carbocycles. The van der Waals surface area contributed by atoms with Crippen molar-refractivity contribution in [3.63, 3.8) is 0 Å². The van der Waals surface area contributed by atoms with Gasteiger partial charge >= 0.3 is 0 Å². The van der Waals surface area contributed by atoms with Crippen LogP contribution in [-0.4, -0.2) is 24.1 Å². The summed E-state index contributed by atoms with van der Waals surface area (Å²) in [4.78, 5) is 0. The van der Waals surface area contributed by atoms with E-state index in [1.54, 1.807) is 0 Å². The van der Waals surface area contributed by atoms with Gasteiger partial charge < -0.3 is 0 Å². The van der Waals surface area contributed by atoms with Crippen LogP contribution in [0.3, 0.4) is 0 Å². The Labute approximate surface area is 71.5 Å². The average molecular weight is 142 g/mol. The van der Waals surface area contributed by atoms with Crippen LogP contribution in [0, 0.1) is 13.8 Å². The Kier molecular flexibility index (Phi) is 2.24. The first-order valence-corrected chi connectivity index (χ1v) is 3.81. The third-order valence-corrected chi connectivity index (χ3v) is 2.28. The van der Waals surface area contributed by atoms with E-state index in [9.17, 15) is 0 Å². The molecule has 0 aromatic heterocycles. The number of rotatable bonds is 0. The summed E-state index contributed by atoms with van der Waals surface area (Å²) in [6, 6.07) is 4.08. The molecule has 10 heavy (non-hydrogen) atoms. The van der Waals surface area contributed by atoms with Crippen molar-refractivity contribution in [1.82, 2.24) is 0 Å². The lowest BCUT2D eigenvalue weighted by molar-refractivity contribution is 1.47. The van der Waals surface area contributed by atoms with Gasteiger partial charge in [-0.15, -0.1) is 4.43 Å². The Balaban J connectivity index is 3.28. The highest BCUT2D eigenvalue weighted by atomic mass is 27.0. The lowest BCUT2D eigenvalue weighted by atomic mass is 9.90. The molecule has 0 bridgehead atoms. The highest BCUT2D eigenvalue weighted by Crippen LogP contribution is 1.93. The number of hydrogen-bond donors (Lipinski definition) is 0. The molecule has 1 aromatic rings. The Hall–Kier alpha value is -0.183. The molecule has 2 heteroatoms. The lowest BCUT2D eigenvalue weighted by Crippen LogP contribution is -2.16. The van der Waals surface area contributed by atoms with Crippen LogP contribution in [0.5, 0.6) is 0 Å². The normalized spacial score (nSPS) is 9.80. The van der Waals surface area contributed by atoms with Crippen LogP contribution < -0.4 is 9.89 Å².